The predicted molar refractivity (Wildman–Crippen MR) is 74.8 cm³/mol. The average Bonchev–Trinajstić information content (AvgIpc) is 2.92. The molecule has 0 saturated heterocycles. The number of aryl methyl sites for hydroxylation is 1. The van der Waals surface area contributed by atoms with Gasteiger partial charge in [0, 0.05) is 5.56 Å². The van der Waals surface area contributed by atoms with Crippen molar-refractivity contribution in [2.24, 2.45) is 0 Å². The third-order valence-electron chi connectivity index (χ3n) is 2.73. The summed E-state index contributed by atoms with van der Waals surface area (Å²) in [6.45, 7) is 1.87. The van der Waals surface area contributed by atoms with Gasteiger partial charge in [-0.3, -0.25) is 0 Å². The topological polar surface area (TPSA) is 78.9 Å². The zero-order valence-electron chi connectivity index (χ0n) is 10.9. The Balaban J connectivity index is 1.84. The van der Waals surface area contributed by atoms with E-state index in [1.165, 1.54) is 6.20 Å². The Morgan fingerprint density at radius 2 is 1.95 bits per heavy atom. The van der Waals surface area contributed by atoms with E-state index >= 15 is 0 Å². The molecule has 0 aliphatic rings. The zero-order chi connectivity index (χ0) is 13.9. The van der Waals surface area contributed by atoms with Crippen molar-refractivity contribution in [3.63, 3.8) is 0 Å². The Hall–Kier alpha value is -2.89. The van der Waals surface area contributed by atoms with E-state index in [0.29, 0.717) is 11.6 Å². The number of nitrogens with zero attached hydrogens (tertiary/aromatic N) is 4. The van der Waals surface area contributed by atoms with Crippen LogP contribution in [0, 0.1) is 6.92 Å². The number of hydrogen-bond donors (Lipinski definition) is 1. The molecule has 0 unspecified atom stereocenters. The molecule has 3 aromatic rings. The van der Waals surface area contributed by atoms with Gasteiger partial charge in [0.1, 0.15) is 6.33 Å². The smallest absolute Gasteiger partial charge is 0.342 e. The monoisotopic (exact) mass is 267 g/mol. The average molecular weight is 267 g/mol. The molecule has 6 heteroatoms. The number of hydrogen-bond acceptors (Lipinski definition) is 5. The fraction of sp³-hybridized carbons (Fsp3) is 0.0714. The summed E-state index contributed by atoms with van der Waals surface area (Å²) in [5, 5.41) is 4.25. The van der Waals surface area contributed by atoms with E-state index in [2.05, 4.69) is 15.1 Å². The van der Waals surface area contributed by atoms with Crippen molar-refractivity contribution in [1.29, 1.82) is 0 Å². The first-order valence-electron chi connectivity index (χ1n) is 6.09. The Kier molecular flexibility index (Phi) is 3.04. The molecule has 1 aromatic carbocycles. The minimum atomic E-state index is 0.245. The second-order valence-electron chi connectivity index (χ2n) is 4.30. The van der Waals surface area contributed by atoms with Gasteiger partial charge in [0.25, 0.3) is 0 Å². The molecule has 0 aliphatic carbocycles. The van der Waals surface area contributed by atoms with E-state index in [1.54, 1.807) is 17.1 Å². The first-order valence-corrected chi connectivity index (χ1v) is 6.09. The highest BCUT2D eigenvalue weighted by Gasteiger charge is 2.08. The highest BCUT2D eigenvalue weighted by atomic mass is 16.5. The first kappa shape index (κ1) is 12.2. The van der Waals surface area contributed by atoms with Crippen molar-refractivity contribution in [3.8, 4) is 17.6 Å². The summed E-state index contributed by atoms with van der Waals surface area (Å²) >= 11 is 0. The van der Waals surface area contributed by atoms with E-state index in [0.717, 1.165) is 11.3 Å². The summed E-state index contributed by atoms with van der Waals surface area (Å²) in [5.41, 5.74) is 7.99. The Morgan fingerprint density at radius 1 is 1.15 bits per heavy atom. The van der Waals surface area contributed by atoms with Crippen LogP contribution in [0.5, 0.6) is 11.9 Å². The van der Waals surface area contributed by atoms with Gasteiger partial charge in [0.05, 0.1) is 17.6 Å². The van der Waals surface area contributed by atoms with E-state index in [9.17, 15) is 0 Å². The third kappa shape index (κ3) is 2.44. The molecule has 0 radical (unpaired) electrons. The number of nitrogens with two attached hydrogens (primary N) is 1. The SMILES string of the molecule is Cc1cc(N)cnc1Oc1ncn(-c2ccccc2)n1. The molecule has 0 aliphatic heterocycles. The van der Waals surface area contributed by atoms with Gasteiger partial charge in [-0.25, -0.2) is 9.67 Å². The quantitative estimate of drug-likeness (QED) is 0.788. The fourth-order valence-corrected chi connectivity index (χ4v) is 1.78. The molecule has 20 heavy (non-hydrogen) atoms. The molecule has 0 fully saturated rings. The number of para-hydroxylation sites is 1. The van der Waals surface area contributed by atoms with Crippen molar-refractivity contribution in [2.75, 3.05) is 5.73 Å². The van der Waals surface area contributed by atoms with Gasteiger partial charge in [-0.1, -0.05) is 18.2 Å². The molecule has 2 aromatic heterocycles. The van der Waals surface area contributed by atoms with Crippen molar-refractivity contribution in [3.05, 3.63) is 54.5 Å². The standard InChI is InChI=1S/C14H13N5O/c1-10-7-11(15)8-16-13(10)20-14-17-9-19(18-14)12-5-3-2-4-6-12/h2-9H,15H2,1H3. The number of aromatic nitrogens is 4. The van der Waals surface area contributed by atoms with Crippen molar-refractivity contribution in [1.82, 2.24) is 19.7 Å². The van der Waals surface area contributed by atoms with Crippen molar-refractivity contribution in [2.45, 2.75) is 6.92 Å². The third-order valence-corrected chi connectivity index (χ3v) is 2.73. The number of benzene rings is 1. The Bertz CT molecular complexity index is 723. The van der Waals surface area contributed by atoms with Crippen LogP contribution in [0.3, 0.4) is 0 Å². The lowest BCUT2D eigenvalue weighted by molar-refractivity contribution is 0.421. The second-order valence-corrected chi connectivity index (χ2v) is 4.30. The Labute approximate surface area is 115 Å². The van der Waals surface area contributed by atoms with Crippen LogP contribution in [0.25, 0.3) is 5.69 Å². The van der Waals surface area contributed by atoms with Gasteiger partial charge in [-0.05, 0) is 25.1 Å². The molecule has 6 nitrogen and oxygen atoms in total. The van der Waals surface area contributed by atoms with Crippen LogP contribution < -0.4 is 10.5 Å². The number of rotatable bonds is 3. The van der Waals surface area contributed by atoms with Gasteiger partial charge < -0.3 is 10.5 Å². The molecule has 0 bridgehead atoms. The van der Waals surface area contributed by atoms with Gasteiger partial charge in [-0.2, -0.15) is 4.98 Å². The summed E-state index contributed by atoms with van der Waals surface area (Å²) in [5.74, 6) is 0.449. The largest absolute Gasteiger partial charge is 0.404 e. The molecule has 100 valence electrons. The summed E-state index contributed by atoms with van der Waals surface area (Å²) in [4.78, 5) is 8.23. The molecule has 2 N–H and O–H groups in total. The van der Waals surface area contributed by atoms with Crippen LogP contribution in [-0.4, -0.2) is 19.7 Å². The van der Waals surface area contributed by atoms with E-state index in [1.807, 2.05) is 37.3 Å². The maximum Gasteiger partial charge on any atom is 0.342 e. The van der Waals surface area contributed by atoms with Crippen LogP contribution in [0.4, 0.5) is 5.69 Å². The van der Waals surface area contributed by atoms with Crippen LogP contribution in [-0.2, 0) is 0 Å². The van der Waals surface area contributed by atoms with Gasteiger partial charge >= 0.3 is 6.01 Å². The zero-order valence-corrected chi connectivity index (χ0v) is 10.9. The molecule has 0 amide bonds. The predicted octanol–water partition coefficient (Wildman–Crippen LogP) is 2.35. The molecule has 2 heterocycles. The van der Waals surface area contributed by atoms with E-state index in [4.69, 9.17) is 10.5 Å². The fourth-order valence-electron chi connectivity index (χ4n) is 1.78. The first-order chi connectivity index (χ1) is 9.72. The molecule has 0 saturated carbocycles. The lowest BCUT2D eigenvalue weighted by Gasteiger charge is -2.04. The maximum absolute atomic E-state index is 5.65. The summed E-state index contributed by atoms with van der Waals surface area (Å²) in [6.07, 6.45) is 3.13. The van der Waals surface area contributed by atoms with Crippen LogP contribution >= 0.6 is 0 Å². The molecular weight excluding hydrogens is 254 g/mol. The number of ether oxygens (including phenoxy) is 1. The molecule has 0 spiro atoms. The van der Waals surface area contributed by atoms with Crippen LogP contribution in [0.15, 0.2) is 48.9 Å². The lowest BCUT2D eigenvalue weighted by atomic mass is 10.3. The van der Waals surface area contributed by atoms with Crippen LogP contribution in [0.2, 0.25) is 0 Å². The van der Waals surface area contributed by atoms with E-state index < -0.39 is 0 Å². The summed E-state index contributed by atoms with van der Waals surface area (Å²) in [7, 11) is 0. The minimum absolute atomic E-state index is 0.245. The number of anilines is 1. The summed E-state index contributed by atoms with van der Waals surface area (Å²) in [6, 6.07) is 11.7. The van der Waals surface area contributed by atoms with Gasteiger partial charge in [0.2, 0.25) is 5.88 Å². The van der Waals surface area contributed by atoms with Crippen molar-refractivity contribution >= 4 is 5.69 Å². The maximum atomic E-state index is 5.65. The highest BCUT2D eigenvalue weighted by molar-refractivity contribution is 5.42. The Morgan fingerprint density at radius 3 is 2.70 bits per heavy atom. The number of pyridine rings is 1. The van der Waals surface area contributed by atoms with Crippen molar-refractivity contribution < 1.29 is 4.74 Å². The lowest BCUT2D eigenvalue weighted by Crippen LogP contribution is -1.97. The minimum Gasteiger partial charge on any atom is -0.404 e. The van der Waals surface area contributed by atoms with Crippen LogP contribution in [0.1, 0.15) is 5.56 Å². The van der Waals surface area contributed by atoms with E-state index in [-0.39, 0.29) is 6.01 Å². The normalized spacial score (nSPS) is 10.4. The second kappa shape index (κ2) is 5.00. The molecule has 3 rings (SSSR count). The number of nitrogen functional groups attached to an aromatic ring is 1. The molecular formula is C14H13N5O. The highest BCUT2D eigenvalue weighted by Crippen LogP contribution is 2.21. The van der Waals surface area contributed by atoms with Gasteiger partial charge in [0.15, 0.2) is 0 Å². The molecule has 0 atom stereocenters. The summed E-state index contributed by atoms with van der Waals surface area (Å²) < 4.78 is 7.20. The van der Waals surface area contributed by atoms with Gasteiger partial charge in [-0.15, -0.1) is 5.10 Å².